The van der Waals surface area contributed by atoms with E-state index in [1.807, 2.05) is 74.5 Å². The van der Waals surface area contributed by atoms with Crippen LogP contribution < -0.4 is 16.0 Å². The van der Waals surface area contributed by atoms with Crippen molar-refractivity contribution in [2.75, 3.05) is 6.54 Å². The van der Waals surface area contributed by atoms with Crippen LogP contribution in [0.15, 0.2) is 60.7 Å². The molecule has 0 aliphatic carbocycles. The number of carbonyl (C=O) groups excluding carboxylic acids is 3. The van der Waals surface area contributed by atoms with Crippen molar-refractivity contribution in [2.24, 2.45) is 5.92 Å². The highest BCUT2D eigenvalue weighted by Crippen LogP contribution is 2.05. The van der Waals surface area contributed by atoms with Crippen molar-refractivity contribution in [3.05, 3.63) is 71.8 Å². The van der Waals surface area contributed by atoms with E-state index < -0.39 is 12.1 Å². The fourth-order valence-corrected chi connectivity index (χ4v) is 2.72. The van der Waals surface area contributed by atoms with Crippen LogP contribution in [0.3, 0.4) is 0 Å². The van der Waals surface area contributed by atoms with Crippen molar-refractivity contribution in [1.29, 1.82) is 0 Å². The number of rotatable bonds is 10. The molecule has 0 spiro atoms. The van der Waals surface area contributed by atoms with E-state index in [-0.39, 0.29) is 37.3 Å². The SMILES string of the molecule is CC(C)[C@H](NC(=O)OCc1ccccc1)C(=O)NCCC(=O)NCc1ccccc1. The number of amides is 3. The molecule has 160 valence electrons. The zero-order valence-corrected chi connectivity index (χ0v) is 17.4. The lowest BCUT2D eigenvalue weighted by Crippen LogP contribution is -2.50. The van der Waals surface area contributed by atoms with Crippen molar-refractivity contribution < 1.29 is 19.1 Å². The van der Waals surface area contributed by atoms with Gasteiger partial charge < -0.3 is 20.7 Å². The predicted molar refractivity (Wildman–Crippen MR) is 114 cm³/mol. The molecule has 0 saturated heterocycles. The molecule has 2 rings (SSSR count). The molecule has 7 heteroatoms. The molecule has 2 aromatic carbocycles. The summed E-state index contributed by atoms with van der Waals surface area (Å²) in [5.74, 6) is -0.644. The molecular weight excluding hydrogens is 382 g/mol. The lowest BCUT2D eigenvalue weighted by atomic mass is 10.0. The zero-order chi connectivity index (χ0) is 21.8. The molecule has 0 fully saturated rings. The first kappa shape index (κ1) is 22.9. The monoisotopic (exact) mass is 411 g/mol. The van der Waals surface area contributed by atoms with Gasteiger partial charge in [0, 0.05) is 19.5 Å². The van der Waals surface area contributed by atoms with E-state index in [1.165, 1.54) is 0 Å². The largest absolute Gasteiger partial charge is 0.445 e. The summed E-state index contributed by atoms with van der Waals surface area (Å²) in [5.41, 5.74) is 1.87. The molecule has 0 aliphatic rings. The maximum atomic E-state index is 12.4. The molecule has 0 aliphatic heterocycles. The van der Waals surface area contributed by atoms with Gasteiger partial charge >= 0.3 is 6.09 Å². The fourth-order valence-electron chi connectivity index (χ4n) is 2.72. The van der Waals surface area contributed by atoms with Crippen molar-refractivity contribution in [3.63, 3.8) is 0 Å². The lowest BCUT2D eigenvalue weighted by Gasteiger charge is -2.21. The van der Waals surface area contributed by atoms with E-state index in [2.05, 4.69) is 16.0 Å². The van der Waals surface area contributed by atoms with Gasteiger partial charge in [0.15, 0.2) is 0 Å². The highest BCUT2D eigenvalue weighted by molar-refractivity contribution is 5.86. The lowest BCUT2D eigenvalue weighted by molar-refractivity contribution is -0.124. The van der Waals surface area contributed by atoms with Gasteiger partial charge in [0.25, 0.3) is 0 Å². The Morgan fingerprint density at radius 2 is 1.47 bits per heavy atom. The molecule has 0 unspecified atom stereocenters. The quantitative estimate of drug-likeness (QED) is 0.560. The van der Waals surface area contributed by atoms with Crippen LogP contribution in [-0.4, -0.2) is 30.5 Å². The Morgan fingerprint density at radius 1 is 0.867 bits per heavy atom. The molecule has 30 heavy (non-hydrogen) atoms. The summed E-state index contributed by atoms with van der Waals surface area (Å²) in [6, 6.07) is 18.1. The third-order valence-corrected chi connectivity index (χ3v) is 4.42. The van der Waals surface area contributed by atoms with E-state index in [0.717, 1.165) is 11.1 Å². The Bertz CT molecular complexity index is 810. The van der Waals surface area contributed by atoms with Crippen LogP contribution >= 0.6 is 0 Å². The third-order valence-electron chi connectivity index (χ3n) is 4.42. The highest BCUT2D eigenvalue weighted by Gasteiger charge is 2.24. The number of ether oxygens (including phenoxy) is 1. The molecule has 0 heterocycles. The number of hydrogen-bond acceptors (Lipinski definition) is 4. The average Bonchev–Trinajstić information content (AvgIpc) is 2.75. The first-order valence-corrected chi connectivity index (χ1v) is 10.0. The van der Waals surface area contributed by atoms with Gasteiger partial charge in [-0.25, -0.2) is 4.79 Å². The Kier molecular flexibility index (Phi) is 9.37. The second kappa shape index (κ2) is 12.3. The Morgan fingerprint density at radius 3 is 2.07 bits per heavy atom. The molecule has 7 nitrogen and oxygen atoms in total. The van der Waals surface area contributed by atoms with Gasteiger partial charge in [-0.15, -0.1) is 0 Å². The first-order chi connectivity index (χ1) is 14.5. The van der Waals surface area contributed by atoms with Crippen LogP contribution in [0.5, 0.6) is 0 Å². The standard InChI is InChI=1S/C23H29N3O4/c1-17(2)21(26-23(29)30-16-19-11-7-4-8-12-19)22(28)24-14-13-20(27)25-15-18-9-5-3-6-10-18/h3-12,17,21H,13-16H2,1-2H3,(H,24,28)(H,25,27)(H,26,29)/t21-/m0/s1. The van der Waals surface area contributed by atoms with Crippen molar-refractivity contribution >= 4 is 17.9 Å². The van der Waals surface area contributed by atoms with E-state index in [9.17, 15) is 14.4 Å². The number of nitrogens with one attached hydrogen (secondary N) is 3. The maximum Gasteiger partial charge on any atom is 0.408 e. The van der Waals surface area contributed by atoms with Crippen LogP contribution in [0.25, 0.3) is 0 Å². The minimum absolute atomic E-state index is 0.126. The topological polar surface area (TPSA) is 96.5 Å². The second-order valence-corrected chi connectivity index (χ2v) is 7.23. The normalized spacial score (nSPS) is 11.4. The minimum Gasteiger partial charge on any atom is -0.445 e. The molecule has 3 amide bonds. The van der Waals surface area contributed by atoms with Crippen LogP contribution in [-0.2, 0) is 27.5 Å². The number of alkyl carbamates (subject to hydrolysis) is 1. The molecule has 2 aromatic rings. The first-order valence-electron chi connectivity index (χ1n) is 10.0. The summed E-state index contributed by atoms with van der Waals surface area (Å²) in [6.07, 6.45) is -0.504. The van der Waals surface area contributed by atoms with Gasteiger partial charge in [0.2, 0.25) is 11.8 Å². The fraction of sp³-hybridized carbons (Fsp3) is 0.348. The van der Waals surface area contributed by atoms with Crippen LogP contribution in [0.4, 0.5) is 4.79 Å². The Labute approximate surface area is 177 Å². The molecule has 0 saturated carbocycles. The van der Waals surface area contributed by atoms with Crippen LogP contribution in [0.1, 0.15) is 31.4 Å². The Hall–Kier alpha value is -3.35. The molecular formula is C23H29N3O4. The molecule has 3 N–H and O–H groups in total. The summed E-state index contributed by atoms with van der Waals surface area (Å²) in [4.78, 5) is 36.4. The van der Waals surface area contributed by atoms with Gasteiger partial charge in [-0.2, -0.15) is 0 Å². The summed E-state index contributed by atoms with van der Waals surface area (Å²) in [5, 5.41) is 8.11. The maximum absolute atomic E-state index is 12.4. The summed E-state index contributed by atoms with van der Waals surface area (Å²) in [6.45, 7) is 4.41. The van der Waals surface area contributed by atoms with Gasteiger partial charge in [-0.1, -0.05) is 74.5 Å². The van der Waals surface area contributed by atoms with Gasteiger partial charge in [0.1, 0.15) is 12.6 Å². The zero-order valence-electron chi connectivity index (χ0n) is 17.4. The number of benzene rings is 2. The molecule has 0 bridgehead atoms. The Balaban J connectivity index is 1.71. The van der Waals surface area contributed by atoms with Gasteiger partial charge in [0.05, 0.1) is 0 Å². The highest BCUT2D eigenvalue weighted by atomic mass is 16.5. The van der Waals surface area contributed by atoms with Crippen LogP contribution in [0, 0.1) is 5.92 Å². The molecule has 0 radical (unpaired) electrons. The third kappa shape index (κ3) is 8.34. The average molecular weight is 412 g/mol. The number of hydrogen-bond donors (Lipinski definition) is 3. The smallest absolute Gasteiger partial charge is 0.408 e. The van der Waals surface area contributed by atoms with Crippen molar-refractivity contribution in [3.8, 4) is 0 Å². The molecule has 1 atom stereocenters. The van der Waals surface area contributed by atoms with E-state index in [1.54, 1.807) is 0 Å². The number of carbonyl (C=O) groups is 3. The predicted octanol–water partition coefficient (Wildman–Crippen LogP) is 2.76. The summed E-state index contributed by atoms with van der Waals surface area (Å²) >= 11 is 0. The van der Waals surface area contributed by atoms with Crippen LogP contribution in [0.2, 0.25) is 0 Å². The van der Waals surface area contributed by atoms with Gasteiger partial charge in [-0.3, -0.25) is 9.59 Å². The second-order valence-electron chi connectivity index (χ2n) is 7.23. The minimum atomic E-state index is -0.749. The van der Waals surface area contributed by atoms with Crippen molar-refractivity contribution in [1.82, 2.24) is 16.0 Å². The van der Waals surface area contributed by atoms with E-state index in [0.29, 0.717) is 6.54 Å². The molecule has 0 aromatic heterocycles. The van der Waals surface area contributed by atoms with Gasteiger partial charge in [-0.05, 0) is 17.0 Å². The van der Waals surface area contributed by atoms with Crippen molar-refractivity contribution in [2.45, 2.75) is 39.5 Å². The summed E-state index contributed by atoms with van der Waals surface area (Å²) in [7, 11) is 0. The van der Waals surface area contributed by atoms with E-state index >= 15 is 0 Å². The van der Waals surface area contributed by atoms with E-state index in [4.69, 9.17) is 4.74 Å². The summed E-state index contributed by atoms with van der Waals surface area (Å²) < 4.78 is 5.18.